The zero-order valence-corrected chi connectivity index (χ0v) is 21.2. The van der Waals surface area contributed by atoms with Gasteiger partial charge in [-0.15, -0.1) is 11.8 Å². The van der Waals surface area contributed by atoms with E-state index in [1.807, 2.05) is 19.9 Å². The van der Waals surface area contributed by atoms with Crippen LogP contribution >= 0.6 is 11.8 Å². The number of amides is 1. The number of nitrogens with one attached hydrogen (secondary N) is 1. The highest BCUT2D eigenvalue weighted by Crippen LogP contribution is 2.45. The molecule has 0 bridgehead atoms. The molecule has 1 aliphatic rings. The molecule has 0 fully saturated rings. The zero-order chi connectivity index (χ0) is 24.0. The van der Waals surface area contributed by atoms with Crippen LogP contribution in [0.15, 0.2) is 52.9 Å². The molecule has 1 amide bonds. The Morgan fingerprint density at radius 3 is 2.45 bits per heavy atom. The maximum Gasteiger partial charge on any atom is 0.227 e. The van der Waals surface area contributed by atoms with E-state index in [-0.39, 0.29) is 17.6 Å². The molecule has 3 rings (SSSR count). The number of nitrogens with zero attached hydrogens (tertiary/aromatic N) is 1. The van der Waals surface area contributed by atoms with Gasteiger partial charge >= 0.3 is 0 Å². The van der Waals surface area contributed by atoms with Crippen molar-refractivity contribution in [1.29, 1.82) is 0 Å². The summed E-state index contributed by atoms with van der Waals surface area (Å²) in [4.78, 5) is 16.6. The number of thioether (sulfide) groups is 1. The topological polar surface area (TPSA) is 32.3 Å². The Morgan fingerprint density at radius 2 is 1.82 bits per heavy atom. The average molecular weight is 467 g/mol. The third kappa shape index (κ3) is 5.96. The normalized spacial score (nSPS) is 15.3. The number of carbonyl (C=O) groups excluding carboxylic acids is 1. The Bertz CT molecular complexity index is 1040. The Morgan fingerprint density at radius 1 is 1.12 bits per heavy atom. The van der Waals surface area contributed by atoms with Crippen LogP contribution in [-0.4, -0.2) is 43.2 Å². The maximum absolute atomic E-state index is 14.2. The Kier molecular flexibility index (Phi) is 8.93. The van der Waals surface area contributed by atoms with E-state index >= 15 is 0 Å². The van der Waals surface area contributed by atoms with Gasteiger partial charge in [0, 0.05) is 11.4 Å². The van der Waals surface area contributed by atoms with E-state index in [1.54, 1.807) is 17.8 Å². The second-order valence-electron chi connectivity index (χ2n) is 8.45. The van der Waals surface area contributed by atoms with Gasteiger partial charge in [0.1, 0.15) is 5.82 Å². The molecular formula is C28H35FN2OS. The lowest BCUT2D eigenvalue weighted by Gasteiger charge is -2.19. The van der Waals surface area contributed by atoms with Crippen LogP contribution < -0.4 is 5.32 Å². The van der Waals surface area contributed by atoms with Gasteiger partial charge in [0.2, 0.25) is 5.91 Å². The minimum Gasteiger partial charge on any atom is -0.356 e. The lowest BCUT2D eigenvalue weighted by Crippen LogP contribution is -2.33. The molecule has 5 heteroatoms. The van der Waals surface area contributed by atoms with Crippen LogP contribution in [0.25, 0.3) is 17.2 Å². The highest BCUT2D eigenvalue weighted by Gasteiger charge is 2.30. The number of fused-ring (bicyclic) bond motifs is 1. The third-order valence-electron chi connectivity index (χ3n) is 6.47. The second kappa shape index (κ2) is 11.7. The standard InChI is InChI=1S/C28H35FN2OS/c1-6-31(7-2)16-8-15-30-28(32)20(4)27-19(3)25(24-14-11-22(29)18-26(24)27)17-21-9-12-23(33-5)13-10-21/h9-14,17-18,20H,6-8,15-16H2,1-5H3,(H,30,32)/b25-17-. The predicted molar refractivity (Wildman–Crippen MR) is 140 cm³/mol. The van der Waals surface area contributed by atoms with Crippen molar-refractivity contribution in [2.75, 3.05) is 32.4 Å². The summed E-state index contributed by atoms with van der Waals surface area (Å²) >= 11 is 1.71. The van der Waals surface area contributed by atoms with E-state index in [2.05, 4.69) is 60.7 Å². The summed E-state index contributed by atoms with van der Waals surface area (Å²) in [6.07, 6.45) is 5.11. The van der Waals surface area contributed by atoms with Gasteiger partial charge in [0.25, 0.3) is 0 Å². The van der Waals surface area contributed by atoms with Gasteiger partial charge in [-0.2, -0.15) is 0 Å². The molecule has 2 aromatic carbocycles. The van der Waals surface area contributed by atoms with Crippen LogP contribution in [0.2, 0.25) is 0 Å². The monoisotopic (exact) mass is 466 g/mol. The smallest absolute Gasteiger partial charge is 0.227 e. The summed E-state index contributed by atoms with van der Waals surface area (Å²) in [5.74, 6) is -0.648. The van der Waals surface area contributed by atoms with Gasteiger partial charge in [0.05, 0.1) is 5.92 Å². The summed E-state index contributed by atoms with van der Waals surface area (Å²) in [6, 6.07) is 13.3. The minimum atomic E-state index is -0.358. The van der Waals surface area contributed by atoms with Crippen molar-refractivity contribution in [2.24, 2.45) is 5.92 Å². The lowest BCUT2D eigenvalue weighted by atomic mass is 9.92. The molecule has 1 N–H and O–H groups in total. The highest BCUT2D eigenvalue weighted by molar-refractivity contribution is 7.98. The molecule has 1 unspecified atom stereocenters. The first-order valence-corrected chi connectivity index (χ1v) is 13.0. The van der Waals surface area contributed by atoms with E-state index in [4.69, 9.17) is 0 Å². The molecular weight excluding hydrogens is 431 g/mol. The van der Waals surface area contributed by atoms with Gasteiger partial charge in [0.15, 0.2) is 0 Å². The maximum atomic E-state index is 14.2. The molecule has 0 saturated carbocycles. The van der Waals surface area contributed by atoms with Crippen molar-refractivity contribution in [1.82, 2.24) is 10.2 Å². The number of carbonyl (C=O) groups is 1. The molecule has 33 heavy (non-hydrogen) atoms. The largest absolute Gasteiger partial charge is 0.356 e. The molecule has 0 saturated heterocycles. The first kappa shape index (κ1) is 25.3. The quantitative estimate of drug-likeness (QED) is 0.327. The van der Waals surface area contributed by atoms with Crippen LogP contribution in [0.3, 0.4) is 0 Å². The van der Waals surface area contributed by atoms with Gasteiger partial charge in [-0.05, 0) is 110 Å². The van der Waals surface area contributed by atoms with Crippen molar-refractivity contribution in [2.45, 2.75) is 39.0 Å². The summed E-state index contributed by atoms with van der Waals surface area (Å²) < 4.78 is 14.2. The first-order chi connectivity index (χ1) is 15.9. The van der Waals surface area contributed by atoms with Crippen LogP contribution in [0.5, 0.6) is 0 Å². The van der Waals surface area contributed by atoms with Gasteiger partial charge in [-0.1, -0.05) is 32.0 Å². The molecule has 1 aliphatic carbocycles. The SMILES string of the molecule is CCN(CC)CCCNC(=O)C(C)C1=C(C)/C(=C/c2ccc(SC)cc2)c2ccc(F)cc21. The van der Waals surface area contributed by atoms with E-state index in [9.17, 15) is 9.18 Å². The van der Waals surface area contributed by atoms with Gasteiger partial charge in [-0.3, -0.25) is 4.79 Å². The summed E-state index contributed by atoms with van der Waals surface area (Å²) in [5.41, 5.74) is 5.91. The number of rotatable bonds is 10. The number of hydrogen-bond acceptors (Lipinski definition) is 3. The predicted octanol–water partition coefficient (Wildman–Crippen LogP) is 6.36. The van der Waals surface area contributed by atoms with Crippen molar-refractivity contribution in [3.8, 4) is 0 Å². The lowest BCUT2D eigenvalue weighted by molar-refractivity contribution is -0.122. The average Bonchev–Trinajstić information content (AvgIpc) is 3.09. The van der Waals surface area contributed by atoms with Crippen molar-refractivity contribution in [3.63, 3.8) is 0 Å². The molecule has 1 atom stereocenters. The first-order valence-electron chi connectivity index (χ1n) is 11.8. The molecule has 0 radical (unpaired) electrons. The van der Waals surface area contributed by atoms with E-state index in [0.717, 1.165) is 59.5 Å². The highest BCUT2D eigenvalue weighted by atomic mass is 32.2. The van der Waals surface area contributed by atoms with Crippen LogP contribution in [-0.2, 0) is 4.79 Å². The van der Waals surface area contributed by atoms with Crippen molar-refractivity contribution in [3.05, 3.63) is 70.5 Å². The van der Waals surface area contributed by atoms with Crippen molar-refractivity contribution >= 4 is 34.9 Å². The van der Waals surface area contributed by atoms with Crippen LogP contribution in [0.1, 0.15) is 50.8 Å². The second-order valence-corrected chi connectivity index (χ2v) is 9.33. The molecule has 3 nitrogen and oxygen atoms in total. The van der Waals surface area contributed by atoms with Crippen LogP contribution in [0.4, 0.5) is 4.39 Å². The minimum absolute atomic E-state index is 0.00955. The molecule has 176 valence electrons. The molecule has 0 aliphatic heterocycles. The molecule has 0 heterocycles. The zero-order valence-electron chi connectivity index (χ0n) is 20.4. The summed E-state index contributed by atoms with van der Waals surface area (Å²) in [5, 5.41) is 3.09. The Balaban J connectivity index is 1.84. The van der Waals surface area contributed by atoms with E-state index in [0.29, 0.717) is 6.54 Å². The molecule has 0 aromatic heterocycles. The summed E-state index contributed by atoms with van der Waals surface area (Å²) in [7, 11) is 0. The number of benzene rings is 2. The fraction of sp³-hybridized carbons (Fsp3) is 0.393. The number of allylic oxidation sites excluding steroid dienone is 2. The Labute approximate surface area is 202 Å². The Hall–Kier alpha value is -2.37. The number of halogens is 1. The third-order valence-corrected chi connectivity index (χ3v) is 7.21. The fourth-order valence-corrected chi connectivity index (χ4v) is 4.88. The fourth-order valence-electron chi connectivity index (χ4n) is 4.47. The van der Waals surface area contributed by atoms with E-state index < -0.39 is 0 Å². The van der Waals surface area contributed by atoms with Crippen LogP contribution in [0, 0.1) is 11.7 Å². The van der Waals surface area contributed by atoms with Gasteiger partial charge in [-0.25, -0.2) is 4.39 Å². The van der Waals surface area contributed by atoms with E-state index in [1.165, 1.54) is 11.0 Å². The molecule has 0 spiro atoms. The van der Waals surface area contributed by atoms with Gasteiger partial charge < -0.3 is 10.2 Å². The number of hydrogen-bond donors (Lipinski definition) is 1. The summed E-state index contributed by atoms with van der Waals surface area (Å²) in [6.45, 7) is 11.9. The van der Waals surface area contributed by atoms with Crippen molar-refractivity contribution < 1.29 is 9.18 Å². The molecule has 2 aromatic rings.